The van der Waals surface area contributed by atoms with Crippen molar-refractivity contribution in [1.29, 1.82) is 0 Å². The van der Waals surface area contributed by atoms with Crippen LogP contribution in [-0.2, 0) is 9.47 Å². The Balaban J connectivity index is 1.60. The number of hydrogen-bond donors (Lipinski definition) is 1. The van der Waals surface area contributed by atoms with Gasteiger partial charge in [0.2, 0.25) is 0 Å². The summed E-state index contributed by atoms with van der Waals surface area (Å²) >= 11 is 0. The summed E-state index contributed by atoms with van der Waals surface area (Å²) in [5.41, 5.74) is 1.97. The Morgan fingerprint density at radius 2 is 2.08 bits per heavy atom. The molecule has 4 nitrogen and oxygen atoms in total. The minimum atomic E-state index is 0.0379. The van der Waals surface area contributed by atoms with Gasteiger partial charge in [-0.3, -0.25) is 4.79 Å². The summed E-state index contributed by atoms with van der Waals surface area (Å²) in [6.45, 7) is 6.77. The van der Waals surface area contributed by atoms with E-state index in [1.54, 1.807) is 0 Å². The van der Waals surface area contributed by atoms with Gasteiger partial charge in [0.15, 0.2) is 0 Å². The van der Waals surface area contributed by atoms with Gasteiger partial charge in [0.25, 0.3) is 5.91 Å². The van der Waals surface area contributed by atoms with Crippen LogP contribution in [0.3, 0.4) is 0 Å². The predicted molar refractivity (Wildman–Crippen MR) is 98.9 cm³/mol. The lowest BCUT2D eigenvalue weighted by Gasteiger charge is -2.34. The lowest BCUT2D eigenvalue weighted by atomic mass is 9.89. The van der Waals surface area contributed by atoms with E-state index in [0.29, 0.717) is 11.8 Å². The van der Waals surface area contributed by atoms with Gasteiger partial charge in [0.05, 0.1) is 12.7 Å². The minimum Gasteiger partial charge on any atom is -0.381 e. The van der Waals surface area contributed by atoms with Crippen LogP contribution in [0.1, 0.15) is 67.8 Å². The maximum Gasteiger partial charge on any atom is 0.251 e. The van der Waals surface area contributed by atoms with Gasteiger partial charge in [-0.2, -0.15) is 0 Å². The summed E-state index contributed by atoms with van der Waals surface area (Å²) < 4.78 is 11.4. The largest absolute Gasteiger partial charge is 0.381 e. The number of rotatable bonds is 6. The Kier molecular flexibility index (Phi) is 6.49. The van der Waals surface area contributed by atoms with Gasteiger partial charge in [-0.1, -0.05) is 38.8 Å². The van der Waals surface area contributed by atoms with E-state index in [-0.39, 0.29) is 18.1 Å². The van der Waals surface area contributed by atoms with E-state index in [4.69, 9.17) is 9.47 Å². The third-order valence-electron chi connectivity index (χ3n) is 5.77. The molecule has 0 saturated carbocycles. The van der Waals surface area contributed by atoms with Crippen LogP contribution in [-0.4, -0.2) is 37.9 Å². The SMILES string of the molecule is CCC(CC)[C@@H]1C[C@@H](NC(=O)c2cccc([C@@H]3CCOC3)c2)CCO1. The number of amides is 1. The number of benzene rings is 1. The van der Waals surface area contributed by atoms with Crippen LogP contribution < -0.4 is 5.32 Å². The van der Waals surface area contributed by atoms with Crippen molar-refractivity contribution in [3.8, 4) is 0 Å². The van der Waals surface area contributed by atoms with Crippen LogP contribution in [0.4, 0.5) is 0 Å². The van der Waals surface area contributed by atoms with Crippen molar-refractivity contribution in [3.05, 3.63) is 35.4 Å². The van der Waals surface area contributed by atoms with Gasteiger partial charge in [-0.15, -0.1) is 0 Å². The average Bonchev–Trinajstić information content (AvgIpc) is 3.18. The smallest absolute Gasteiger partial charge is 0.251 e. The second kappa shape index (κ2) is 8.81. The molecule has 0 spiro atoms. The molecule has 2 aliphatic rings. The fourth-order valence-electron chi connectivity index (χ4n) is 4.10. The Morgan fingerprint density at radius 1 is 1.24 bits per heavy atom. The third kappa shape index (κ3) is 4.62. The number of carbonyl (C=O) groups excluding carboxylic acids is 1. The molecule has 1 amide bonds. The summed E-state index contributed by atoms with van der Waals surface area (Å²) in [6, 6.07) is 8.25. The summed E-state index contributed by atoms with van der Waals surface area (Å²) in [7, 11) is 0. The average molecular weight is 345 g/mol. The molecule has 25 heavy (non-hydrogen) atoms. The van der Waals surface area contributed by atoms with Gasteiger partial charge < -0.3 is 14.8 Å². The first-order valence-electron chi connectivity index (χ1n) is 9.81. The number of carbonyl (C=O) groups is 1. The Morgan fingerprint density at radius 3 is 2.80 bits per heavy atom. The molecular weight excluding hydrogens is 314 g/mol. The molecule has 2 fully saturated rings. The van der Waals surface area contributed by atoms with Gasteiger partial charge in [0, 0.05) is 30.7 Å². The van der Waals surface area contributed by atoms with E-state index < -0.39 is 0 Å². The zero-order chi connectivity index (χ0) is 17.6. The highest BCUT2D eigenvalue weighted by Crippen LogP contribution is 2.27. The quantitative estimate of drug-likeness (QED) is 0.850. The zero-order valence-electron chi connectivity index (χ0n) is 15.5. The molecule has 3 atom stereocenters. The molecule has 4 heteroatoms. The van der Waals surface area contributed by atoms with E-state index in [1.807, 2.05) is 18.2 Å². The van der Waals surface area contributed by atoms with E-state index in [9.17, 15) is 4.79 Å². The van der Waals surface area contributed by atoms with Crippen molar-refractivity contribution >= 4 is 5.91 Å². The van der Waals surface area contributed by atoms with Crippen molar-refractivity contribution in [2.75, 3.05) is 19.8 Å². The van der Waals surface area contributed by atoms with Crippen LogP contribution >= 0.6 is 0 Å². The number of ether oxygens (including phenoxy) is 2. The van der Waals surface area contributed by atoms with Gasteiger partial charge in [0.1, 0.15) is 0 Å². The second-order valence-corrected chi connectivity index (χ2v) is 7.37. The fourth-order valence-corrected chi connectivity index (χ4v) is 4.10. The third-order valence-corrected chi connectivity index (χ3v) is 5.77. The summed E-state index contributed by atoms with van der Waals surface area (Å²) in [5, 5.41) is 3.24. The molecule has 2 aliphatic heterocycles. The van der Waals surface area contributed by atoms with Crippen LogP contribution in [0.15, 0.2) is 24.3 Å². The van der Waals surface area contributed by atoms with Gasteiger partial charge in [-0.05, 0) is 42.9 Å². The van der Waals surface area contributed by atoms with E-state index in [0.717, 1.165) is 57.5 Å². The van der Waals surface area contributed by atoms with Gasteiger partial charge in [-0.25, -0.2) is 0 Å². The van der Waals surface area contributed by atoms with Crippen molar-refractivity contribution in [2.45, 2.75) is 64.0 Å². The van der Waals surface area contributed by atoms with Crippen LogP contribution in [0.2, 0.25) is 0 Å². The maximum atomic E-state index is 12.7. The molecule has 2 heterocycles. The number of hydrogen-bond acceptors (Lipinski definition) is 3. The topological polar surface area (TPSA) is 47.6 Å². The summed E-state index contributed by atoms with van der Waals surface area (Å²) in [6.07, 6.45) is 5.41. The highest BCUT2D eigenvalue weighted by Gasteiger charge is 2.28. The maximum absolute atomic E-state index is 12.7. The van der Waals surface area contributed by atoms with Crippen molar-refractivity contribution < 1.29 is 14.3 Å². The first-order chi connectivity index (χ1) is 12.2. The standard InChI is InChI=1S/C21H31NO3/c1-3-15(4-2)20-13-19(9-11-25-20)22-21(23)17-7-5-6-16(12-17)18-8-10-24-14-18/h5-7,12,15,18-20H,3-4,8-11,13-14H2,1-2H3,(H,22,23)/t18-,19+,20+/m1/s1. The van der Waals surface area contributed by atoms with Gasteiger partial charge >= 0.3 is 0 Å². The molecule has 0 aromatic heterocycles. The van der Waals surface area contributed by atoms with Crippen LogP contribution in [0.5, 0.6) is 0 Å². The monoisotopic (exact) mass is 345 g/mol. The van der Waals surface area contributed by atoms with E-state index >= 15 is 0 Å². The molecule has 1 aromatic carbocycles. The molecule has 1 N–H and O–H groups in total. The zero-order valence-corrected chi connectivity index (χ0v) is 15.5. The predicted octanol–water partition coefficient (Wildman–Crippen LogP) is 3.90. The van der Waals surface area contributed by atoms with Crippen molar-refractivity contribution in [2.24, 2.45) is 5.92 Å². The molecule has 0 radical (unpaired) electrons. The fraction of sp³-hybridized carbons (Fsp3) is 0.667. The molecule has 0 unspecified atom stereocenters. The van der Waals surface area contributed by atoms with E-state index in [1.165, 1.54) is 5.56 Å². The Bertz CT molecular complexity index is 564. The highest BCUT2D eigenvalue weighted by molar-refractivity contribution is 5.94. The summed E-state index contributed by atoms with van der Waals surface area (Å²) in [4.78, 5) is 12.7. The second-order valence-electron chi connectivity index (χ2n) is 7.37. The molecule has 1 aromatic rings. The summed E-state index contributed by atoms with van der Waals surface area (Å²) in [5.74, 6) is 1.05. The van der Waals surface area contributed by atoms with E-state index in [2.05, 4.69) is 25.2 Å². The van der Waals surface area contributed by atoms with Crippen LogP contribution in [0.25, 0.3) is 0 Å². The Labute approximate surface area is 151 Å². The molecule has 3 rings (SSSR count). The van der Waals surface area contributed by atoms with Crippen molar-refractivity contribution in [3.63, 3.8) is 0 Å². The molecule has 0 aliphatic carbocycles. The first-order valence-corrected chi connectivity index (χ1v) is 9.81. The lowest BCUT2D eigenvalue weighted by molar-refractivity contribution is -0.0337. The van der Waals surface area contributed by atoms with Crippen LogP contribution in [0, 0.1) is 5.92 Å². The first kappa shape index (κ1) is 18.4. The minimum absolute atomic E-state index is 0.0379. The Hall–Kier alpha value is -1.39. The van der Waals surface area contributed by atoms with Crippen molar-refractivity contribution in [1.82, 2.24) is 5.32 Å². The molecule has 138 valence electrons. The molecule has 2 saturated heterocycles. The molecular formula is C21H31NO3. The highest BCUT2D eigenvalue weighted by atomic mass is 16.5. The number of nitrogens with one attached hydrogen (secondary N) is 1. The lowest BCUT2D eigenvalue weighted by Crippen LogP contribution is -2.44. The molecule has 0 bridgehead atoms. The normalized spacial score (nSPS) is 26.8.